The molecule has 11 heteroatoms. The summed E-state index contributed by atoms with van der Waals surface area (Å²) in [7, 11) is -2.93. The lowest BCUT2D eigenvalue weighted by Crippen LogP contribution is -2.53. The van der Waals surface area contributed by atoms with Crippen LogP contribution in [0.4, 0.5) is 29.3 Å². The van der Waals surface area contributed by atoms with Crippen molar-refractivity contribution in [3.8, 4) is 11.1 Å². The van der Waals surface area contributed by atoms with Gasteiger partial charge in [0.15, 0.2) is 0 Å². The normalized spacial score (nSPS) is 17.7. The van der Waals surface area contributed by atoms with Gasteiger partial charge in [0, 0.05) is 24.2 Å². The van der Waals surface area contributed by atoms with E-state index >= 15 is 0 Å². The lowest BCUT2D eigenvalue weighted by Gasteiger charge is -2.32. The minimum atomic E-state index is -4.47. The fourth-order valence-electron chi connectivity index (χ4n) is 4.20. The van der Waals surface area contributed by atoms with Crippen LogP contribution in [0.3, 0.4) is 0 Å². The molecule has 0 saturated carbocycles. The second-order valence-electron chi connectivity index (χ2n) is 8.74. The predicted octanol–water partition coefficient (Wildman–Crippen LogP) is 5.72. The Bertz CT molecular complexity index is 1410. The average Bonchev–Trinajstić information content (AvgIpc) is 2.85. The molecule has 3 amide bonds. The number of hydrogen-bond donors (Lipinski definition) is 3. The van der Waals surface area contributed by atoms with Gasteiger partial charge in [-0.1, -0.05) is 30.3 Å². The fraction of sp³-hybridized carbons (Fsp3) is 0.231. The molecule has 3 aromatic carbocycles. The molecule has 3 N–H and O–H groups in total. The highest BCUT2D eigenvalue weighted by Gasteiger charge is 2.32. The van der Waals surface area contributed by atoms with Gasteiger partial charge in [-0.05, 0) is 66.4 Å². The van der Waals surface area contributed by atoms with Crippen molar-refractivity contribution < 1.29 is 27.0 Å². The highest BCUT2D eigenvalue weighted by atomic mass is 32.2. The molecule has 0 bridgehead atoms. The van der Waals surface area contributed by atoms with Gasteiger partial charge in [0.05, 0.1) is 20.2 Å². The Morgan fingerprint density at radius 3 is 2.30 bits per heavy atom. The van der Waals surface area contributed by atoms with Crippen LogP contribution < -0.4 is 15.5 Å². The molecule has 4 rings (SSSR count). The Morgan fingerprint density at radius 2 is 1.68 bits per heavy atom. The third kappa shape index (κ3) is 6.11. The van der Waals surface area contributed by atoms with E-state index in [0.29, 0.717) is 35.5 Å². The number of carbonyl (C=O) groups is 2. The molecule has 0 spiro atoms. The summed E-state index contributed by atoms with van der Waals surface area (Å²) < 4.78 is 58.5. The third-order valence-electron chi connectivity index (χ3n) is 6.01. The van der Waals surface area contributed by atoms with E-state index in [4.69, 9.17) is 4.78 Å². The Kier molecular flexibility index (Phi) is 7.26. The molecular weight excluding hydrogens is 505 g/mol. The number of amides is 3. The minimum absolute atomic E-state index is 0.171. The van der Waals surface area contributed by atoms with Gasteiger partial charge >= 0.3 is 12.2 Å². The van der Waals surface area contributed by atoms with Crippen molar-refractivity contribution in [1.29, 1.82) is 4.78 Å². The van der Waals surface area contributed by atoms with E-state index in [1.165, 1.54) is 6.26 Å². The number of alkyl halides is 3. The van der Waals surface area contributed by atoms with E-state index in [0.717, 1.165) is 29.8 Å². The number of anilines is 2. The number of rotatable bonds is 5. The van der Waals surface area contributed by atoms with Crippen LogP contribution in [-0.2, 0) is 20.7 Å². The zero-order chi connectivity index (χ0) is 26.8. The second-order valence-corrected chi connectivity index (χ2v) is 10.9. The maximum atomic E-state index is 13.1. The summed E-state index contributed by atoms with van der Waals surface area (Å²) in [6.45, 7) is 0.461. The maximum Gasteiger partial charge on any atom is 0.416 e. The highest BCUT2D eigenvalue weighted by Crippen LogP contribution is 2.31. The molecule has 1 saturated heterocycles. The zero-order valence-electron chi connectivity index (χ0n) is 19.8. The van der Waals surface area contributed by atoms with Gasteiger partial charge in [-0.15, -0.1) is 0 Å². The van der Waals surface area contributed by atoms with Crippen molar-refractivity contribution in [2.75, 3.05) is 23.0 Å². The second kappa shape index (κ2) is 10.3. The SMILES string of the molecule is CS(=N)(=O)c1ccccc1-c1ccc(N2CCC[C@@H](NC(=O)Nc3ccc(C(F)(F)F)cc3)C2=O)cc1. The number of nitrogens with zero attached hydrogens (tertiary/aromatic N) is 1. The fourth-order valence-corrected chi connectivity index (χ4v) is 5.14. The number of urea groups is 1. The Hall–Kier alpha value is -3.86. The molecule has 1 fully saturated rings. The van der Waals surface area contributed by atoms with Gasteiger partial charge in [0.25, 0.3) is 0 Å². The molecule has 194 valence electrons. The summed E-state index contributed by atoms with van der Waals surface area (Å²) in [4.78, 5) is 27.5. The molecular formula is C26H25F3N4O3S. The van der Waals surface area contributed by atoms with Crippen molar-refractivity contribution in [3.05, 3.63) is 78.4 Å². The van der Waals surface area contributed by atoms with Gasteiger partial charge in [0.1, 0.15) is 6.04 Å². The van der Waals surface area contributed by atoms with Crippen LogP contribution in [0.25, 0.3) is 11.1 Å². The maximum absolute atomic E-state index is 13.1. The van der Waals surface area contributed by atoms with Gasteiger partial charge in [-0.3, -0.25) is 4.79 Å². The summed E-state index contributed by atoms with van der Waals surface area (Å²) >= 11 is 0. The molecule has 0 radical (unpaired) electrons. The highest BCUT2D eigenvalue weighted by molar-refractivity contribution is 7.91. The number of nitrogens with one attached hydrogen (secondary N) is 3. The van der Waals surface area contributed by atoms with Crippen LogP contribution in [0.2, 0.25) is 0 Å². The van der Waals surface area contributed by atoms with Crippen molar-refractivity contribution in [1.82, 2.24) is 5.32 Å². The van der Waals surface area contributed by atoms with Crippen molar-refractivity contribution in [2.24, 2.45) is 0 Å². The molecule has 1 heterocycles. The average molecular weight is 531 g/mol. The zero-order valence-corrected chi connectivity index (χ0v) is 20.7. The van der Waals surface area contributed by atoms with E-state index in [9.17, 15) is 27.0 Å². The molecule has 0 aliphatic carbocycles. The summed E-state index contributed by atoms with van der Waals surface area (Å²) in [5.74, 6) is -0.301. The number of piperidine rings is 1. The molecule has 3 aromatic rings. The first-order valence-electron chi connectivity index (χ1n) is 11.4. The largest absolute Gasteiger partial charge is 0.416 e. The molecule has 2 atom stereocenters. The van der Waals surface area contributed by atoms with Crippen LogP contribution in [0, 0.1) is 4.78 Å². The summed E-state index contributed by atoms with van der Waals surface area (Å²) in [6.07, 6.45) is -2.04. The number of carbonyl (C=O) groups excluding carboxylic acids is 2. The molecule has 0 aromatic heterocycles. The van der Waals surface area contributed by atoms with Crippen LogP contribution in [0.5, 0.6) is 0 Å². The van der Waals surface area contributed by atoms with Gasteiger partial charge in [0.2, 0.25) is 5.91 Å². The monoisotopic (exact) mass is 530 g/mol. The quantitative estimate of drug-likeness (QED) is 0.393. The minimum Gasteiger partial charge on any atom is -0.326 e. The number of halogens is 3. The first-order valence-corrected chi connectivity index (χ1v) is 13.4. The van der Waals surface area contributed by atoms with Crippen LogP contribution in [0.15, 0.2) is 77.7 Å². The first-order chi connectivity index (χ1) is 17.4. The molecule has 1 aliphatic heterocycles. The van der Waals surface area contributed by atoms with Gasteiger partial charge < -0.3 is 15.5 Å². The summed E-state index contributed by atoms with van der Waals surface area (Å²) in [5.41, 5.74) is 1.42. The Labute approximate surface area is 212 Å². The van der Waals surface area contributed by atoms with Crippen LogP contribution >= 0.6 is 0 Å². The molecule has 7 nitrogen and oxygen atoms in total. The smallest absolute Gasteiger partial charge is 0.326 e. The van der Waals surface area contributed by atoms with E-state index in [2.05, 4.69) is 10.6 Å². The standard InChI is InChI=1S/C26H25F3N4O3S/c1-37(30,36)23-7-3-2-5-21(23)17-8-14-20(15-9-17)33-16-4-6-22(24(33)34)32-25(35)31-19-12-10-18(11-13-19)26(27,28)29/h2-3,5,7-15,22,30H,4,6,16H2,1H3,(H2,31,32,35)/t22-,37?/m1/s1. The van der Waals surface area contributed by atoms with E-state index in [1.54, 1.807) is 53.4 Å². The third-order valence-corrected chi connectivity index (χ3v) is 7.21. The lowest BCUT2D eigenvalue weighted by atomic mass is 10.0. The Balaban J connectivity index is 1.44. The van der Waals surface area contributed by atoms with Crippen LogP contribution in [0.1, 0.15) is 18.4 Å². The number of hydrogen-bond acceptors (Lipinski definition) is 4. The van der Waals surface area contributed by atoms with E-state index in [1.807, 2.05) is 0 Å². The lowest BCUT2D eigenvalue weighted by molar-refractivity contribution is -0.137. The molecule has 1 unspecified atom stereocenters. The van der Waals surface area contributed by atoms with Gasteiger partial charge in [-0.2, -0.15) is 13.2 Å². The number of benzene rings is 3. The molecule has 1 aliphatic rings. The predicted molar refractivity (Wildman–Crippen MR) is 136 cm³/mol. The van der Waals surface area contributed by atoms with E-state index < -0.39 is 33.5 Å². The van der Waals surface area contributed by atoms with Gasteiger partial charge in [-0.25, -0.2) is 13.8 Å². The molecule has 37 heavy (non-hydrogen) atoms. The first kappa shape index (κ1) is 26.2. The summed E-state index contributed by atoms with van der Waals surface area (Å²) in [6, 6.07) is 16.7. The van der Waals surface area contributed by atoms with Crippen molar-refractivity contribution in [2.45, 2.75) is 30.0 Å². The Morgan fingerprint density at radius 1 is 1.03 bits per heavy atom. The van der Waals surface area contributed by atoms with Crippen molar-refractivity contribution >= 4 is 33.0 Å². The van der Waals surface area contributed by atoms with Crippen molar-refractivity contribution in [3.63, 3.8) is 0 Å². The van der Waals surface area contributed by atoms with E-state index in [-0.39, 0.29) is 11.6 Å². The van der Waals surface area contributed by atoms with Crippen LogP contribution in [-0.4, -0.2) is 35.0 Å². The topological polar surface area (TPSA) is 102 Å². The summed E-state index contributed by atoms with van der Waals surface area (Å²) in [5, 5.41) is 5.07.